The Morgan fingerprint density at radius 3 is 2.22 bits per heavy atom. The number of ether oxygens (including phenoxy) is 5. The van der Waals surface area contributed by atoms with E-state index in [0.717, 1.165) is 31.2 Å². The second-order valence-corrected chi connectivity index (χ2v) is 7.86. The molecular formula is C28H32O8. The average molecular weight is 497 g/mol. The topological polar surface area (TPSA) is 97.4 Å². The van der Waals surface area contributed by atoms with Crippen LogP contribution in [0, 0.1) is 0 Å². The fraction of sp³-hybridized carbons (Fsp3) is 0.321. The van der Waals surface area contributed by atoms with Crippen molar-refractivity contribution in [3.8, 4) is 17.2 Å². The van der Waals surface area contributed by atoms with Crippen molar-refractivity contribution in [1.82, 2.24) is 0 Å². The number of hydrogen-bond acceptors (Lipinski definition) is 8. The molecule has 0 bridgehead atoms. The zero-order valence-corrected chi connectivity index (χ0v) is 20.9. The quantitative estimate of drug-likeness (QED) is 0.153. The van der Waals surface area contributed by atoms with E-state index in [0.29, 0.717) is 41.6 Å². The van der Waals surface area contributed by atoms with Crippen molar-refractivity contribution in [2.75, 3.05) is 27.4 Å². The molecule has 0 aromatic heterocycles. The number of carbonyl (C=O) groups excluding carboxylic acids is 3. The molecule has 0 heterocycles. The van der Waals surface area contributed by atoms with Crippen LogP contribution in [0.2, 0.25) is 0 Å². The van der Waals surface area contributed by atoms with Gasteiger partial charge in [0.15, 0.2) is 11.5 Å². The van der Waals surface area contributed by atoms with E-state index in [-0.39, 0.29) is 5.97 Å². The van der Waals surface area contributed by atoms with E-state index in [1.54, 1.807) is 55.5 Å². The zero-order valence-electron chi connectivity index (χ0n) is 20.9. The lowest BCUT2D eigenvalue weighted by molar-refractivity contribution is -0.139. The third-order valence-electron chi connectivity index (χ3n) is 4.98. The number of rotatable bonds is 14. The third kappa shape index (κ3) is 9.66. The molecule has 8 heteroatoms. The summed E-state index contributed by atoms with van der Waals surface area (Å²) in [5.41, 5.74) is 1.48. The minimum absolute atomic E-state index is 0.318. The highest BCUT2D eigenvalue weighted by molar-refractivity contribution is 5.92. The van der Waals surface area contributed by atoms with Gasteiger partial charge in [-0.2, -0.15) is 0 Å². The predicted octanol–water partition coefficient (Wildman–Crippen LogP) is 5.16. The number of carbonyl (C=O) groups is 3. The van der Waals surface area contributed by atoms with E-state index >= 15 is 0 Å². The van der Waals surface area contributed by atoms with Gasteiger partial charge in [-0.1, -0.05) is 18.7 Å². The first-order chi connectivity index (χ1) is 17.3. The van der Waals surface area contributed by atoms with Gasteiger partial charge in [0.1, 0.15) is 5.75 Å². The van der Waals surface area contributed by atoms with Gasteiger partial charge >= 0.3 is 17.9 Å². The van der Waals surface area contributed by atoms with Crippen LogP contribution in [-0.2, 0) is 19.1 Å². The maximum atomic E-state index is 12.6. The van der Waals surface area contributed by atoms with Gasteiger partial charge in [-0.3, -0.25) is 0 Å². The van der Waals surface area contributed by atoms with Gasteiger partial charge in [-0.05, 0) is 74.6 Å². The Labute approximate surface area is 211 Å². The second-order valence-electron chi connectivity index (χ2n) is 7.86. The van der Waals surface area contributed by atoms with Crippen LogP contribution in [0.5, 0.6) is 17.2 Å². The largest absolute Gasteiger partial charge is 0.493 e. The molecular weight excluding hydrogens is 464 g/mol. The summed E-state index contributed by atoms with van der Waals surface area (Å²) in [6, 6.07) is 11.6. The standard InChI is InChI=1S/C28H32O8/c1-20(2)27(30)35-18-8-6-5-7-17-34-24-15-12-22(19-25(24)32-3)28(31)36-23-13-9-21(10-14-23)11-16-26(29)33-4/h9-16,19H,1,5-8,17-18H2,2-4H3. The lowest BCUT2D eigenvalue weighted by atomic mass is 10.2. The molecule has 0 saturated heterocycles. The molecule has 0 unspecified atom stereocenters. The summed E-state index contributed by atoms with van der Waals surface area (Å²) in [6.45, 7) is 6.04. The Kier molecular flexibility index (Phi) is 11.8. The van der Waals surface area contributed by atoms with Crippen LogP contribution in [0.25, 0.3) is 6.08 Å². The summed E-state index contributed by atoms with van der Waals surface area (Å²) in [6.07, 6.45) is 6.36. The van der Waals surface area contributed by atoms with E-state index in [4.69, 9.17) is 18.9 Å². The van der Waals surface area contributed by atoms with Crippen molar-refractivity contribution in [2.45, 2.75) is 32.6 Å². The molecule has 0 atom stereocenters. The molecule has 0 radical (unpaired) electrons. The maximum absolute atomic E-state index is 12.6. The Morgan fingerprint density at radius 1 is 0.889 bits per heavy atom. The molecule has 0 spiro atoms. The Balaban J connectivity index is 1.80. The molecule has 2 aromatic rings. The summed E-state index contributed by atoms with van der Waals surface area (Å²) < 4.78 is 26.2. The lowest BCUT2D eigenvalue weighted by Crippen LogP contribution is -2.09. The molecule has 0 N–H and O–H groups in total. The molecule has 0 aliphatic rings. The SMILES string of the molecule is C=C(C)C(=O)OCCCCCCOc1ccc(C(=O)Oc2ccc(C=CC(=O)OC)cc2)cc1OC. The van der Waals surface area contributed by atoms with E-state index in [9.17, 15) is 14.4 Å². The number of esters is 3. The van der Waals surface area contributed by atoms with E-state index in [2.05, 4.69) is 11.3 Å². The highest BCUT2D eigenvalue weighted by Gasteiger charge is 2.13. The highest BCUT2D eigenvalue weighted by atomic mass is 16.5. The van der Waals surface area contributed by atoms with Crippen molar-refractivity contribution in [3.05, 3.63) is 71.8 Å². The summed E-state index contributed by atoms with van der Waals surface area (Å²) in [4.78, 5) is 35.1. The molecule has 0 aliphatic carbocycles. The third-order valence-corrected chi connectivity index (χ3v) is 4.98. The minimum atomic E-state index is -0.537. The van der Waals surface area contributed by atoms with Crippen LogP contribution in [0.1, 0.15) is 48.5 Å². The molecule has 192 valence electrons. The van der Waals surface area contributed by atoms with Crippen molar-refractivity contribution in [1.29, 1.82) is 0 Å². The van der Waals surface area contributed by atoms with Gasteiger partial charge in [0, 0.05) is 11.6 Å². The number of methoxy groups -OCH3 is 2. The molecule has 0 aliphatic heterocycles. The fourth-order valence-corrected chi connectivity index (χ4v) is 2.99. The van der Waals surface area contributed by atoms with Crippen LogP contribution in [0.15, 0.2) is 60.7 Å². The smallest absolute Gasteiger partial charge is 0.343 e. The lowest BCUT2D eigenvalue weighted by Gasteiger charge is -2.12. The Bertz CT molecular complexity index is 1070. The predicted molar refractivity (Wildman–Crippen MR) is 135 cm³/mol. The van der Waals surface area contributed by atoms with Gasteiger partial charge in [0.2, 0.25) is 0 Å². The molecule has 2 rings (SSSR count). The first-order valence-electron chi connectivity index (χ1n) is 11.6. The molecule has 36 heavy (non-hydrogen) atoms. The van der Waals surface area contributed by atoms with Gasteiger partial charge in [-0.15, -0.1) is 0 Å². The fourth-order valence-electron chi connectivity index (χ4n) is 2.99. The van der Waals surface area contributed by atoms with E-state index < -0.39 is 11.9 Å². The van der Waals surface area contributed by atoms with E-state index in [1.807, 2.05) is 0 Å². The number of hydrogen-bond donors (Lipinski definition) is 0. The van der Waals surface area contributed by atoms with Crippen LogP contribution >= 0.6 is 0 Å². The van der Waals surface area contributed by atoms with Crippen LogP contribution in [0.4, 0.5) is 0 Å². The van der Waals surface area contributed by atoms with Crippen LogP contribution in [0.3, 0.4) is 0 Å². The summed E-state index contributed by atoms with van der Waals surface area (Å²) in [7, 11) is 2.81. The summed E-state index contributed by atoms with van der Waals surface area (Å²) in [5, 5.41) is 0. The second kappa shape index (κ2) is 15.0. The first kappa shape index (κ1) is 28.2. The molecule has 2 aromatic carbocycles. The zero-order chi connectivity index (χ0) is 26.3. The first-order valence-corrected chi connectivity index (χ1v) is 11.6. The van der Waals surface area contributed by atoms with E-state index in [1.165, 1.54) is 20.3 Å². The molecule has 0 amide bonds. The molecule has 8 nitrogen and oxygen atoms in total. The van der Waals surface area contributed by atoms with Gasteiger partial charge in [0.25, 0.3) is 0 Å². The monoisotopic (exact) mass is 496 g/mol. The number of benzene rings is 2. The van der Waals surface area contributed by atoms with Crippen molar-refractivity contribution >= 4 is 24.0 Å². The number of unbranched alkanes of at least 4 members (excludes halogenated alkanes) is 3. The van der Waals surface area contributed by atoms with Gasteiger partial charge in [-0.25, -0.2) is 14.4 Å². The van der Waals surface area contributed by atoms with Gasteiger partial charge < -0.3 is 23.7 Å². The van der Waals surface area contributed by atoms with Crippen molar-refractivity contribution in [2.24, 2.45) is 0 Å². The van der Waals surface area contributed by atoms with Crippen molar-refractivity contribution in [3.63, 3.8) is 0 Å². The summed E-state index contributed by atoms with van der Waals surface area (Å²) in [5.74, 6) is -0.0224. The van der Waals surface area contributed by atoms with Crippen LogP contribution in [-0.4, -0.2) is 45.3 Å². The minimum Gasteiger partial charge on any atom is -0.493 e. The summed E-state index contributed by atoms with van der Waals surface area (Å²) >= 11 is 0. The molecule has 0 fully saturated rings. The Morgan fingerprint density at radius 2 is 1.58 bits per heavy atom. The van der Waals surface area contributed by atoms with Crippen LogP contribution < -0.4 is 14.2 Å². The average Bonchev–Trinajstić information content (AvgIpc) is 2.89. The van der Waals surface area contributed by atoms with Gasteiger partial charge in [0.05, 0.1) is 33.0 Å². The molecule has 0 saturated carbocycles. The maximum Gasteiger partial charge on any atom is 0.343 e. The van der Waals surface area contributed by atoms with Crippen molar-refractivity contribution < 1.29 is 38.1 Å². The normalized spacial score (nSPS) is 10.5. The highest BCUT2D eigenvalue weighted by Crippen LogP contribution is 2.29. The Hall–Kier alpha value is -4.07.